The van der Waals surface area contributed by atoms with Crippen LogP contribution in [0.3, 0.4) is 0 Å². The van der Waals surface area contributed by atoms with Crippen LogP contribution in [0.15, 0.2) is 18.2 Å². The fourth-order valence-electron chi connectivity index (χ4n) is 2.42. The van der Waals surface area contributed by atoms with Crippen LogP contribution in [-0.2, 0) is 0 Å². The minimum atomic E-state index is -0.443. The molecule has 6 nitrogen and oxygen atoms in total. The molecule has 2 rings (SSSR count). The molecule has 1 saturated heterocycles. The van der Waals surface area contributed by atoms with E-state index in [0.29, 0.717) is 10.6 Å². The van der Waals surface area contributed by atoms with Crippen molar-refractivity contribution >= 4 is 17.3 Å². The van der Waals surface area contributed by atoms with E-state index in [-0.39, 0.29) is 18.2 Å². The van der Waals surface area contributed by atoms with E-state index in [1.54, 1.807) is 0 Å². The third-order valence-corrected chi connectivity index (χ3v) is 3.77. The molecule has 1 heterocycles. The highest BCUT2D eigenvalue weighted by atomic mass is 35.5. The molecular weight excluding hydrogens is 280 g/mol. The topological polar surface area (TPSA) is 82.2 Å². The summed E-state index contributed by atoms with van der Waals surface area (Å²) in [6.45, 7) is 3.28. The number of nitrogens with one attached hydrogen (secondary N) is 1. The van der Waals surface area contributed by atoms with Gasteiger partial charge in [0.25, 0.3) is 5.69 Å². The van der Waals surface area contributed by atoms with Crippen LogP contribution in [0.5, 0.6) is 0 Å². The Hall–Kier alpha value is -1.68. The van der Waals surface area contributed by atoms with Crippen LogP contribution in [0.25, 0.3) is 0 Å². The predicted molar refractivity (Wildman–Crippen MR) is 75.5 cm³/mol. The van der Waals surface area contributed by atoms with E-state index < -0.39 is 4.92 Å². The number of nitro groups is 1. The maximum Gasteiger partial charge on any atom is 0.269 e. The van der Waals surface area contributed by atoms with Gasteiger partial charge in [-0.15, -0.1) is 0 Å². The third-order valence-electron chi connectivity index (χ3n) is 3.43. The number of nitrogens with zero attached hydrogens (tertiary/aromatic N) is 3. The molecule has 0 amide bonds. The lowest BCUT2D eigenvalue weighted by atomic mass is 10.0. The summed E-state index contributed by atoms with van der Waals surface area (Å²) in [7, 11) is 0. The minimum Gasteiger partial charge on any atom is -0.314 e. The summed E-state index contributed by atoms with van der Waals surface area (Å²) in [5.74, 6) is 0. The average molecular weight is 295 g/mol. The van der Waals surface area contributed by atoms with Crippen LogP contribution in [0.4, 0.5) is 5.69 Å². The first-order valence-electron chi connectivity index (χ1n) is 6.39. The summed E-state index contributed by atoms with van der Waals surface area (Å²) in [5, 5.41) is 23.6. The standard InChI is InChI=1S/C13H15ClN4O2/c14-12-2-1-10(18(19)20)9-11(12)13(3-4-15)17-7-5-16-6-8-17/h1-2,9,13,16H,3,5-8H2/t13-/m1/s1. The highest BCUT2D eigenvalue weighted by molar-refractivity contribution is 6.31. The number of rotatable bonds is 4. The maximum absolute atomic E-state index is 10.9. The highest BCUT2D eigenvalue weighted by Crippen LogP contribution is 2.33. The molecule has 1 aromatic carbocycles. The largest absolute Gasteiger partial charge is 0.314 e. The average Bonchev–Trinajstić information content (AvgIpc) is 2.46. The molecule has 0 bridgehead atoms. The Morgan fingerprint density at radius 2 is 2.20 bits per heavy atom. The number of nitriles is 1. The van der Waals surface area contributed by atoms with Gasteiger partial charge >= 0.3 is 0 Å². The molecule has 20 heavy (non-hydrogen) atoms. The van der Waals surface area contributed by atoms with Crippen LogP contribution in [0.2, 0.25) is 5.02 Å². The number of hydrogen-bond donors (Lipinski definition) is 1. The molecule has 0 spiro atoms. The van der Waals surface area contributed by atoms with E-state index in [1.807, 2.05) is 0 Å². The summed E-state index contributed by atoms with van der Waals surface area (Å²) < 4.78 is 0. The Bertz CT molecular complexity index is 538. The number of halogens is 1. The first-order chi connectivity index (χ1) is 9.63. The maximum atomic E-state index is 10.9. The quantitative estimate of drug-likeness (QED) is 0.679. The van der Waals surface area contributed by atoms with Crippen molar-refractivity contribution in [1.82, 2.24) is 10.2 Å². The smallest absolute Gasteiger partial charge is 0.269 e. The Labute approximate surface area is 122 Å². The van der Waals surface area contributed by atoms with Crippen molar-refractivity contribution in [2.24, 2.45) is 0 Å². The molecule has 1 aliphatic heterocycles. The Morgan fingerprint density at radius 3 is 2.80 bits per heavy atom. The van der Waals surface area contributed by atoms with Crippen LogP contribution in [0.1, 0.15) is 18.0 Å². The van der Waals surface area contributed by atoms with Crippen molar-refractivity contribution in [1.29, 1.82) is 5.26 Å². The van der Waals surface area contributed by atoms with Gasteiger partial charge in [-0.2, -0.15) is 5.26 Å². The summed E-state index contributed by atoms with van der Waals surface area (Å²) >= 11 is 6.18. The monoisotopic (exact) mass is 294 g/mol. The molecule has 0 radical (unpaired) electrons. The first-order valence-corrected chi connectivity index (χ1v) is 6.77. The summed E-state index contributed by atoms with van der Waals surface area (Å²) in [6.07, 6.45) is 0.265. The molecule has 0 aromatic heterocycles. The molecule has 0 saturated carbocycles. The van der Waals surface area contributed by atoms with Gasteiger partial charge in [-0.3, -0.25) is 15.0 Å². The molecule has 0 aliphatic carbocycles. The van der Waals surface area contributed by atoms with Crippen molar-refractivity contribution < 1.29 is 4.92 Å². The molecule has 1 atom stereocenters. The van der Waals surface area contributed by atoms with E-state index in [0.717, 1.165) is 26.2 Å². The fraction of sp³-hybridized carbons (Fsp3) is 0.462. The molecule has 7 heteroatoms. The lowest BCUT2D eigenvalue weighted by molar-refractivity contribution is -0.385. The van der Waals surface area contributed by atoms with Crippen LogP contribution >= 0.6 is 11.6 Å². The summed E-state index contributed by atoms with van der Waals surface area (Å²) in [4.78, 5) is 12.6. The second kappa shape index (κ2) is 6.66. The molecule has 1 fully saturated rings. The molecule has 1 N–H and O–H groups in total. The van der Waals surface area contributed by atoms with Gasteiger partial charge in [-0.05, 0) is 11.6 Å². The number of piperazine rings is 1. The molecule has 1 aliphatic rings. The van der Waals surface area contributed by atoms with Gasteiger partial charge in [-0.1, -0.05) is 11.6 Å². The number of nitro benzene ring substituents is 1. The van der Waals surface area contributed by atoms with E-state index in [1.165, 1.54) is 18.2 Å². The third kappa shape index (κ3) is 3.25. The van der Waals surface area contributed by atoms with Crippen molar-refractivity contribution in [2.75, 3.05) is 26.2 Å². The van der Waals surface area contributed by atoms with Crippen LogP contribution in [-0.4, -0.2) is 36.0 Å². The molecular formula is C13H15ClN4O2. The number of hydrogen-bond acceptors (Lipinski definition) is 5. The summed E-state index contributed by atoms with van der Waals surface area (Å²) in [6, 6.07) is 6.34. The second-order valence-electron chi connectivity index (χ2n) is 4.63. The molecule has 1 aromatic rings. The van der Waals surface area contributed by atoms with Crippen LogP contribution < -0.4 is 5.32 Å². The molecule has 106 valence electrons. The zero-order chi connectivity index (χ0) is 14.5. The van der Waals surface area contributed by atoms with Crippen LogP contribution in [0, 0.1) is 21.4 Å². The van der Waals surface area contributed by atoms with Gasteiger partial charge in [0.2, 0.25) is 0 Å². The van der Waals surface area contributed by atoms with Crippen molar-refractivity contribution in [3.8, 4) is 6.07 Å². The van der Waals surface area contributed by atoms with E-state index in [4.69, 9.17) is 16.9 Å². The van der Waals surface area contributed by atoms with Gasteiger partial charge in [0.1, 0.15) is 0 Å². The highest BCUT2D eigenvalue weighted by Gasteiger charge is 2.25. The van der Waals surface area contributed by atoms with Gasteiger partial charge < -0.3 is 5.32 Å². The van der Waals surface area contributed by atoms with Gasteiger partial charge in [0.05, 0.1) is 17.4 Å². The Morgan fingerprint density at radius 1 is 1.50 bits per heavy atom. The SMILES string of the molecule is N#CC[C@H](c1cc([N+](=O)[O-])ccc1Cl)N1CCNCC1. The zero-order valence-electron chi connectivity index (χ0n) is 10.9. The first kappa shape index (κ1) is 14.7. The van der Waals surface area contributed by atoms with Crippen molar-refractivity contribution in [3.63, 3.8) is 0 Å². The van der Waals surface area contributed by atoms with E-state index in [9.17, 15) is 10.1 Å². The van der Waals surface area contributed by atoms with Gasteiger partial charge in [-0.25, -0.2) is 0 Å². The van der Waals surface area contributed by atoms with Crippen molar-refractivity contribution in [3.05, 3.63) is 38.9 Å². The Kier molecular flexibility index (Phi) is 4.90. The Balaban J connectivity index is 2.35. The minimum absolute atomic E-state index is 0.00229. The van der Waals surface area contributed by atoms with E-state index >= 15 is 0 Å². The van der Waals surface area contributed by atoms with Gasteiger partial charge in [0.15, 0.2) is 0 Å². The zero-order valence-corrected chi connectivity index (χ0v) is 11.6. The van der Waals surface area contributed by atoms with E-state index in [2.05, 4.69) is 16.3 Å². The lowest BCUT2D eigenvalue weighted by Crippen LogP contribution is -2.45. The van der Waals surface area contributed by atoms with Gasteiger partial charge in [0, 0.05) is 49.4 Å². The summed E-state index contributed by atoms with van der Waals surface area (Å²) in [5.41, 5.74) is 0.659. The normalized spacial score (nSPS) is 17.4. The van der Waals surface area contributed by atoms with Crippen molar-refractivity contribution in [2.45, 2.75) is 12.5 Å². The predicted octanol–water partition coefficient (Wildman–Crippen LogP) is 2.11. The lowest BCUT2D eigenvalue weighted by Gasteiger charge is -2.34. The fourth-order valence-corrected chi connectivity index (χ4v) is 2.66. The second-order valence-corrected chi connectivity index (χ2v) is 5.03. The number of non-ortho nitro benzene ring substituents is 1. The molecule has 0 unspecified atom stereocenters. The number of benzene rings is 1.